The van der Waals surface area contributed by atoms with Gasteiger partial charge in [-0.1, -0.05) is 33.8 Å². The largest absolute Gasteiger partial charge is 0.456 e. The number of carbonyl (C=O) groups excluding carboxylic acids is 1. The molecule has 0 aromatic heterocycles. The second kappa shape index (κ2) is 5.94. The molecule has 0 amide bonds. The van der Waals surface area contributed by atoms with E-state index in [0.717, 1.165) is 19.3 Å². The van der Waals surface area contributed by atoms with Gasteiger partial charge < -0.3 is 4.74 Å². The Balaban J connectivity index is 4.50. The Bertz CT molecular complexity index is 231. The molecule has 0 aromatic carbocycles. The van der Waals surface area contributed by atoms with Gasteiger partial charge in [-0.3, -0.25) is 0 Å². The molecule has 88 valence electrons. The topological polar surface area (TPSA) is 26.3 Å². The summed E-state index contributed by atoms with van der Waals surface area (Å²) in [6.45, 7) is 13.6. The molecular weight excluding hydrogens is 188 g/mol. The Morgan fingerprint density at radius 1 is 1.47 bits per heavy atom. The van der Waals surface area contributed by atoms with Crippen LogP contribution in [0.25, 0.3) is 0 Å². The van der Waals surface area contributed by atoms with E-state index >= 15 is 0 Å². The van der Waals surface area contributed by atoms with E-state index in [-0.39, 0.29) is 11.6 Å². The van der Waals surface area contributed by atoms with Crippen molar-refractivity contribution in [2.24, 2.45) is 5.92 Å². The van der Waals surface area contributed by atoms with E-state index in [1.165, 1.54) is 0 Å². The van der Waals surface area contributed by atoms with Crippen LogP contribution >= 0.6 is 0 Å². The van der Waals surface area contributed by atoms with Crippen molar-refractivity contribution >= 4 is 5.97 Å². The number of rotatable bonds is 6. The Morgan fingerprint density at radius 2 is 2.00 bits per heavy atom. The van der Waals surface area contributed by atoms with Gasteiger partial charge in [-0.15, -0.1) is 0 Å². The minimum Gasteiger partial charge on any atom is -0.456 e. The van der Waals surface area contributed by atoms with Crippen LogP contribution in [-0.2, 0) is 9.53 Å². The molecule has 2 heteroatoms. The first-order valence-electron chi connectivity index (χ1n) is 5.72. The predicted molar refractivity (Wildman–Crippen MR) is 63.7 cm³/mol. The summed E-state index contributed by atoms with van der Waals surface area (Å²) in [5, 5.41) is 0. The Morgan fingerprint density at radius 3 is 2.33 bits per heavy atom. The first-order chi connectivity index (χ1) is 6.83. The standard InChI is InChI=1S/C13H24O2/c1-7-8-9-13(6,11(4)5)15-12(14)10(2)3/h11H,2,7-9H2,1,3-6H3. The molecule has 0 aliphatic heterocycles. The second-order valence-electron chi connectivity index (χ2n) is 4.74. The summed E-state index contributed by atoms with van der Waals surface area (Å²) in [4.78, 5) is 11.5. The molecular formula is C13H24O2. The molecule has 15 heavy (non-hydrogen) atoms. The van der Waals surface area contributed by atoms with Gasteiger partial charge in [0, 0.05) is 5.57 Å². The van der Waals surface area contributed by atoms with E-state index in [1.807, 2.05) is 6.92 Å². The van der Waals surface area contributed by atoms with E-state index in [2.05, 4.69) is 27.4 Å². The van der Waals surface area contributed by atoms with Crippen LogP contribution in [0.15, 0.2) is 12.2 Å². The van der Waals surface area contributed by atoms with Crippen molar-refractivity contribution in [1.29, 1.82) is 0 Å². The van der Waals surface area contributed by atoms with Gasteiger partial charge in [0.1, 0.15) is 5.60 Å². The van der Waals surface area contributed by atoms with E-state index in [4.69, 9.17) is 4.74 Å². The first kappa shape index (κ1) is 14.2. The van der Waals surface area contributed by atoms with Gasteiger partial charge in [-0.05, 0) is 32.6 Å². The average Bonchev–Trinajstić information content (AvgIpc) is 2.14. The fourth-order valence-corrected chi connectivity index (χ4v) is 1.28. The van der Waals surface area contributed by atoms with Crippen molar-refractivity contribution in [1.82, 2.24) is 0 Å². The van der Waals surface area contributed by atoms with Crippen LogP contribution in [0.1, 0.15) is 53.9 Å². The molecule has 1 unspecified atom stereocenters. The van der Waals surface area contributed by atoms with Crippen LogP contribution < -0.4 is 0 Å². The van der Waals surface area contributed by atoms with Gasteiger partial charge >= 0.3 is 5.97 Å². The molecule has 0 saturated heterocycles. The minimum absolute atomic E-state index is 0.276. The molecule has 0 rings (SSSR count). The number of unbranched alkanes of at least 4 members (excludes halogenated alkanes) is 1. The van der Waals surface area contributed by atoms with Crippen LogP contribution in [0.5, 0.6) is 0 Å². The van der Waals surface area contributed by atoms with Crippen LogP contribution in [-0.4, -0.2) is 11.6 Å². The lowest BCUT2D eigenvalue weighted by atomic mass is 9.87. The third-order valence-electron chi connectivity index (χ3n) is 2.92. The van der Waals surface area contributed by atoms with Gasteiger partial charge in [0.05, 0.1) is 0 Å². The van der Waals surface area contributed by atoms with E-state index in [9.17, 15) is 4.79 Å². The number of ether oxygens (including phenoxy) is 1. The van der Waals surface area contributed by atoms with Crippen LogP contribution in [0.4, 0.5) is 0 Å². The SMILES string of the molecule is C=C(C)C(=O)OC(C)(CCCC)C(C)C. The minimum atomic E-state index is -0.355. The highest BCUT2D eigenvalue weighted by atomic mass is 16.6. The maximum absolute atomic E-state index is 11.5. The third-order valence-corrected chi connectivity index (χ3v) is 2.92. The lowest BCUT2D eigenvalue weighted by Gasteiger charge is -2.33. The van der Waals surface area contributed by atoms with E-state index in [1.54, 1.807) is 6.92 Å². The predicted octanol–water partition coefficient (Wildman–Crippen LogP) is 3.71. The zero-order valence-corrected chi connectivity index (χ0v) is 10.7. The fraction of sp³-hybridized carbons (Fsp3) is 0.769. The molecule has 0 fully saturated rings. The van der Waals surface area contributed by atoms with Crippen molar-refractivity contribution in [3.63, 3.8) is 0 Å². The summed E-state index contributed by atoms with van der Waals surface area (Å²) in [5.41, 5.74) is 0.116. The van der Waals surface area contributed by atoms with Gasteiger partial charge in [-0.25, -0.2) is 4.79 Å². The van der Waals surface area contributed by atoms with Crippen molar-refractivity contribution in [3.05, 3.63) is 12.2 Å². The third kappa shape index (κ3) is 4.50. The molecule has 0 radical (unpaired) electrons. The summed E-state index contributed by atoms with van der Waals surface area (Å²) in [7, 11) is 0. The lowest BCUT2D eigenvalue weighted by Crippen LogP contribution is -2.37. The molecule has 2 nitrogen and oxygen atoms in total. The summed E-state index contributed by atoms with van der Waals surface area (Å²) in [5.74, 6) is 0.0506. The Hall–Kier alpha value is -0.790. The molecule has 0 aliphatic rings. The number of esters is 1. The van der Waals surface area contributed by atoms with Gasteiger partial charge in [0.2, 0.25) is 0 Å². The van der Waals surface area contributed by atoms with Crippen LogP contribution in [0, 0.1) is 5.92 Å². The van der Waals surface area contributed by atoms with E-state index < -0.39 is 0 Å². The maximum atomic E-state index is 11.5. The Labute approximate surface area is 93.7 Å². The second-order valence-corrected chi connectivity index (χ2v) is 4.74. The molecule has 1 atom stereocenters. The lowest BCUT2D eigenvalue weighted by molar-refractivity contribution is -0.158. The first-order valence-corrected chi connectivity index (χ1v) is 5.72. The normalized spacial score (nSPS) is 14.8. The summed E-state index contributed by atoms with van der Waals surface area (Å²) >= 11 is 0. The molecule has 0 N–H and O–H groups in total. The summed E-state index contributed by atoms with van der Waals surface area (Å²) < 4.78 is 5.52. The maximum Gasteiger partial charge on any atom is 0.333 e. The van der Waals surface area contributed by atoms with E-state index in [0.29, 0.717) is 11.5 Å². The average molecular weight is 212 g/mol. The van der Waals surface area contributed by atoms with Crippen molar-refractivity contribution in [3.8, 4) is 0 Å². The van der Waals surface area contributed by atoms with Crippen molar-refractivity contribution in [2.75, 3.05) is 0 Å². The van der Waals surface area contributed by atoms with Crippen LogP contribution in [0.3, 0.4) is 0 Å². The van der Waals surface area contributed by atoms with Crippen LogP contribution in [0.2, 0.25) is 0 Å². The fourth-order valence-electron chi connectivity index (χ4n) is 1.28. The Kier molecular flexibility index (Phi) is 5.63. The number of carbonyl (C=O) groups is 1. The highest BCUT2D eigenvalue weighted by Gasteiger charge is 2.31. The molecule has 0 aliphatic carbocycles. The monoisotopic (exact) mass is 212 g/mol. The number of hydrogen-bond donors (Lipinski definition) is 0. The molecule has 0 bridgehead atoms. The zero-order chi connectivity index (χ0) is 12.1. The van der Waals surface area contributed by atoms with Crippen molar-refractivity contribution < 1.29 is 9.53 Å². The van der Waals surface area contributed by atoms with Gasteiger partial charge in [-0.2, -0.15) is 0 Å². The highest BCUT2D eigenvalue weighted by Crippen LogP contribution is 2.28. The van der Waals surface area contributed by atoms with Crippen molar-refractivity contribution in [2.45, 2.75) is 59.5 Å². The smallest absolute Gasteiger partial charge is 0.333 e. The molecule has 0 aromatic rings. The van der Waals surface area contributed by atoms with Gasteiger partial charge in [0.25, 0.3) is 0 Å². The highest BCUT2D eigenvalue weighted by molar-refractivity contribution is 5.87. The molecule has 0 spiro atoms. The summed E-state index contributed by atoms with van der Waals surface area (Å²) in [6, 6.07) is 0. The number of hydrogen-bond acceptors (Lipinski definition) is 2. The zero-order valence-electron chi connectivity index (χ0n) is 10.7. The summed E-state index contributed by atoms with van der Waals surface area (Å²) in [6.07, 6.45) is 3.12. The quantitative estimate of drug-likeness (QED) is 0.495. The molecule has 0 heterocycles. The molecule has 0 saturated carbocycles. The van der Waals surface area contributed by atoms with Gasteiger partial charge in [0.15, 0.2) is 0 Å².